The van der Waals surface area contributed by atoms with E-state index in [0.717, 1.165) is 12.0 Å². The second-order valence-corrected chi connectivity index (χ2v) is 10.6. The Hall–Kier alpha value is -2.25. The van der Waals surface area contributed by atoms with Gasteiger partial charge < -0.3 is 4.90 Å². The molecule has 1 aromatic carbocycles. The molecule has 1 aliphatic rings. The minimum absolute atomic E-state index is 0.0400. The predicted octanol–water partition coefficient (Wildman–Crippen LogP) is 3.80. The molecule has 1 aromatic heterocycles. The Labute approximate surface area is 180 Å². The van der Waals surface area contributed by atoms with E-state index in [1.165, 1.54) is 6.07 Å². The van der Waals surface area contributed by atoms with Crippen LogP contribution in [0.1, 0.15) is 50.0 Å². The van der Waals surface area contributed by atoms with Gasteiger partial charge in [0.25, 0.3) is 5.91 Å². The number of pyridine rings is 1. The van der Waals surface area contributed by atoms with Crippen molar-refractivity contribution in [3.8, 4) is 0 Å². The van der Waals surface area contributed by atoms with Crippen molar-refractivity contribution >= 4 is 15.9 Å². The van der Waals surface area contributed by atoms with Crippen molar-refractivity contribution in [1.82, 2.24) is 14.2 Å². The second-order valence-electron chi connectivity index (χ2n) is 8.68. The first-order valence-corrected chi connectivity index (χ1v) is 11.9. The molecule has 0 bridgehead atoms. The predicted molar refractivity (Wildman–Crippen MR) is 117 cm³/mol. The number of hydrogen-bond donors (Lipinski definition) is 0. The van der Waals surface area contributed by atoms with Crippen LogP contribution in [0.2, 0.25) is 0 Å². The Morgan fingerprint density at radius 1 is 1.17 bits per heavy atom. The van der Waals surface area contributed by atoms with Crippen LogP contribution in [0, 0.1) is 11.8 Å². The van der Waals surface area contributed by atoms with E-state index in [1.807, 2.05) is 26.0 Å². The van der Waals surface area contributed by atoms with Crippen LogP contribution in [0.25, 0.3) is 0 Å². The highest BCUT2D eigenvalue weighted by Crippen LogP contribution is 2.27. The molecule has 1 saturated heterocycles. The SMILES string of the molecule is CC1CC(C)CN(S(=O)(=O)c2cccc(C(=O)N(Cc3cccnc3)C(C)C)c2)C1. The third-order valence-electron chi connectivity index (χ3n) is 5.51. The molecular weight excluding hydrogens is 398 g/mol. The summed E-state index contributed by atoms with van der Waals surface area (Å²) in [5.74, 6) is 0.458. The number of rotatable bonds is 6. The first kappa shape index (κ1) is 22.4. The number of sulfonamides is 1. The molecule has 2 unspecified atom stereocenters. The smallest absolute Gasteiger partial charge is 0.254 e. The summed E-state index contributed by atoms with van der Waals surface area (Å²) in [4.78, 5) is 19.3. The number of piperidine rings is 1. The molecule has 3 rings (SSSR count). The highest BCUT2D eigenvalue weighted by Gasteiger charge is 2.32. The van der Waals surface area contributed by atoms with Crippen LogP contribution >= 0.6 is 0 Å². The molecule has 7 heteroatoms. The maximum Gasteiger partial charge on any atom is 0.254 e. The number of nitrogens with zero attached hydrogens (tertiary/aromatic N) is 3. The monoisotopic (exact) mass is 429 g/mol. The molecule has 162 valence electrons. The molecule has 1 amide bonds. The van der Waals surface area contributed by atoms with Gasteiger partial charge in [0.1, 0.15) is 0 Å². The van der Waals surface area contributed by atoms with Crippen LogP contribution in [-0.4, -0.2) is 47.6 Å². The summed E-state index contributed by atoms with van der Waals surface area (Å²) in [5, 5.41) is 0. The lowest BCUT2D eigenvalue weighted by Gasteiger charge is -2.34. The number of benzene rings is 1. The van der Waals surface area contributed by atoms with E-state index >= 15 is 0 Å². The fraction of sp³-hybridized carbons (Fsp3) is 0.478. The van der Waals surface area contributed by atoms with Crippen LogP contribution in [0.3, 0.4) is 0 Å². The summed E-state index contributed by atoms with van der Waals surface area (Å²) < 4.78 is 28.0. The topological polar surface area (TPSA) is 70.6 Å². The Bertz CT molecular complexity index is 966. The Balaban J connectivity index is 1.87. The van der Waals surface area contributed by atoms with Gasteiger partial charge in [-0.2, -0.15) is 4.31 Å². The van der Waals surface area contributed by atoms with Crippen molar-refractivity contribution in [2.45, 2.75) is 51.6 Å². The van der Waals surface area contributed by atoms with Gasteiger partial charge in [-0.25, -0.2) is 8.42 Å². The summed E-state index contributed by atoms with van der Waals surface area (Å²) in [6.07, 6.45) is 4.46. The highest BCUT2D eigenvalue weighted by molar-refractivity contribution is 7.89. The number of hydrogen-bond acceptors (Lipinski definition) is 4. The van der Waals surface area contributed by atoms with Crippen molar-refractivity contribution in [3.05, 3.63) is 59.9 Å². The largest absolute Gasteiger partial charge is 0.332 e. The zero-order chi connectivity index (χ0) is 21.9. The average Bonchev–Trinajstić information content (AvgIpc) is 2.71. The summed E-state index contributed by atoms with van der Waals surface area (Å²) in [6.45, 7) is 9.52. The molecule has 0 radical (unpaired) electrons. The van der Waals surface area contributed by atoms with Crippen molar-refractivity contribution in [3.63, 3.8) is 0 Å². The lowest BCUT2D eigenvalue weighted by molar-refractivity contribution is 0.0690. The van der Waals surface area contributed by atoms with E-state index in [-0.39, 0.29) is 16.8 Å². The second kappa shape index (κ2) is 9.27. The van der Waals surface area contributed by atoms with E-state index in [1.54, 1.807) is 39.8 Å². The number of carbonyl (C=O) groups excluding carboxylic acids is 1. The summed E-state index contributed by atoms with van der Waals surface area (Å²) in [7, 11) is -3.64. The summed E-state index contributed by atoms with van der Waals surface area (Å²) in [5.41, 5.74) is 1.31. The molecule has 6 nitrogen and oxygen atoms in total. The molecule has 0 aliphatic carbocycles. The van der Waals surface area contributed by atoms with Crippen LogP contribution < -0.4 is 0 Å². The molecule has 1 fully saturated rings. The van der Waals surface area contributed by atoms with Gasteiger partial charge in [-0.15, -0.1) is 0 Å². The van der Waals surface area contributed by atoms with Crippen LogP contribution in [0.4, 0.5) is 0 Å². The third kappa shape index (κ3) is 5.08. The Morgan fingerprint density at radius 2 is 1.87 bits per heavy atom. The van der Waals surface area contributed by atoms with Crippen molar-refractivity contribution in [2.24, 2.45) is 11.8 Å². The minimum atomic E-state index is -3.64. The summed E-state index contributed by atoms with van der Waals surface area (Å²) >= 11 is 0. The van der Waals surface area contributed by atoms with E-state index in [9.17, 15) is 13.2 Å². The average molecular weight is 430 g/mol. The maximum atomic E-state index is 13.2. The quantitative estimate of drug-likeness (QED) is 0.700. The van der Waals surface area contributed by atoms with Crippen LogP contribution in [0.15, 0.2) is 53.7 Å². The van der Waals surface area contributed by atoms with Gasteiger partial charge in [-0.1, -0.05) is 26.0 Å². The molecule has 0 spiro atoms. The molecule has 0 saturated carbocycles. The van der Waals surface area contributed by atoms with Gasteiger partial charge in [0.05, 0.1) is 4.90 Å². The summed E-state index contributed by atoms with van der Waals surface area (Å²) in [6, 6.07) is 10.2. The van der Waals surface area contributed by atoms with Crippen molar-refractivity contribution in [2.75, 3.05) is 13.1 Å². The zero-order valence-corrected chi connectivity index (χ0v) is 19.0. The third-order valence-corrected chi connectivity index (χ3v) is 7.34. The Morgan fingerprint density at radius 3 is 2.47 bits per heavy atom. The van der Waals surface area contributed by atoms with Gasteiger partial charge in [-0.05, 0) is 61.9 Å². The molecule has 0 N–H and O–H groups in total. The fourth-order valence-electron chi connectivity index (χ4n) is 4.08. The first-order valence-electron chi connectivity index (χ1n) is 10.5. The minimum Gasteiger partial charge on any atom is -0.332 e. The molecule has 2 atom stereocenters. The molecule has 30 heavy (non-hydrogen) atoms. The van der Waals surface area contributed by atoms with Gasteiger partial charge >= 0.3 is 0 Å². The zero-order valence-electron chi connectivity index (χ0n) is 18.2. The number of aromatic nitrogens is 1. The molecule has 2 heterocycles. The van der Waals surface area contributed by atoms with Gasteiger partial charge in [0.15, 0.2) is 0 Å². The van der Waals surface area contributed by atoms with E-state index in [0.29, 0.717) is 37.0 Å². The maximum absolute atomic E-state index is 13.2. The van der Waals surface area contributed by atoms with Gasteiger partial charge in [-0.3, -0.25) is 9.78 Å². The van der Waals surface area contributed by atoms with E-state index < -0.39 is 10.0 Å². The van der Waals surface area contributed by atoms with E-state index in [4.69, 9.17) is 0 Å². The van der Waals surface area contributed by atoms with Gasteiger partial charge in [0, 0.05) is 43.6 Å². The molecule has 2 aromatic rings. The number of carbonyl (C=O) groups is 1. The standard InChI is InChI=1S/C23H31N3O3S/c1-17(2)26(16-20-7-6-10-24-13-20)23(27)21-8-5-9-22(12-21)30(28,29)25-14-18(3)11-19(4)15-25/h5-10,12-13,17-19H,11,14-16H2,1-4H3. The normalized spacial score (nSPS) is 20.3. The highest BCUT2D eigenvalue weighted by atomic mass is 32.2. The number of amides is 1. The van der Waals surface area contributed by atoms with E-state index in [2.05, 4.69) is 18.8 Å². The van der Waals surface area contributed by atoms with Gasteiger partial charge in [0.2, 0.25) is 10.0 Å². The van der Waals surface area contributed by atoms with Crippen molar-refractivity contribution in [1.29, 1.82) is 0 Å². The van der Waals surface area contributed by atoms with Crippen LogP contribution in [-0.2, 0) is 16.6 Å². The van der Waals surface area contributed by atoms with Crippen molar-refractivity contribution < 1.29 is 13.2 Å². The lowest BCUT2D eigenvalue weighted by Crippen LogP contribution is -2.42. The lowest BCUT2D eigenvalue weighted by atomic mass is 9.94. The molecular formula is C23H31N3O3S. The Kier molecular flexibility index (Phi) is 6.93. The first-order chi connectivity index (χ1) is 14.2. The molecule has 1 aliphatic heterocycles. The fourth-order valence-corrected chi connectivity index (χ4v) is 5.81. The van der Waals surface area contributed by atoms with Crippen LogP contribution in [0.5, 0.6) is 0 Å².